The zero-order valence-corrected chi connectivity index (χ0v) is 9.43. The van der Waals surface area contributed by atoms with Crippen LogP contribution < -0.4 is 4.90 Å². The molecule has 1 aromatic carbocycles. The predicted octanol–water partition coefficient (Wildman–Crippen LogP) is 2.12. The molecular formula is C11H14FNOS. The number of hydrogen-bond acceptors (Lipinski definition) is 3. The fraction of sp³-hybridized carbons (Fsp3) is 0.455. The lowest BCUT2D eigenvalue weighted by Gasteiger charge is -2.35. The minimum Gasteiger partial charge on any atom is -0.396 e. The number of para-hydroxylation sites is 1. The molecule has 1 unspecified atom stereocenters. The van der Waals surface area contributed by atoms with Crippen LogP contribution in [-0.4, -0.2) is 30.6 Å². The highest BCUT2D eigenvalue weighted by Crippen LogP contribution is 2.38. The van der Waals surface area contributed by atoms with Crippen molar-refractivity contribution in [2.75, 3.05) is 24.3 Å². The average Bonchev–Trinajstić information content (AvgIpc) is 2.22. The number of benzene rings is 1. The number of rotatable bonds is 2. The van der Waals surface area contributed by atoms with E-state index >= 15 is 0 Å². The van der Waals surface area contributed by atoms with Gasteiger partial charge in [-0.1, -0.05) is 6.07 Å². The van der Waals surface area contributed by atoms with Crippen LogP contribution in [0.3, 0.4) is 0 Å². The Labute approximate surface area is 93.1 Å². The maximum Gasteiger partial charge on any atom is 0.147 e. The Morgan fingerprint density at radius 3 is 3.13 bits per heavy atom. The largest absolute Gasteiger partial charge is 0.396 e. The van der Waals surface area contributed by atoms with Crippen LogP contribution in [0, 0.1) is 5.82 Å². The molecule has 0 spiro atoms. The normalized spacial score (nSPS) is 20.2. The first-order valence-corrected chi connectivity index (χ1v) is 5.97. The van der Waals surface area contributed by atoms with E-state index in [-0.39, 0.29) is 18.5 Å². The summed E-state index contributed by atoms with van der Waals surface area (Å²) in [6.45, 7) is 0.152. The van der Waals surface area contributed by atoms with Gasteiger partial charge in [-0.2, -0.15) is 0 Å². The number of thioether (sulfide) groups is 1. The van der Waals surface area contributed by atoms with Crippen molar-refractivity contribution < 1.29 is 9.50 Å². The first-order valence-electron chi connectivity index (χ1n) is 4.99. The Morgan fingerprint density at radius 1 is 1.60 bits per heavy atom. The quantitative estimate of drug-likeness (QED) is 0.837. The zero-order chi connectivity index (χ0) is 10.8. The molecule has 0 aliphatic carbocycles. The van der Waals surface area contributed by atoms with Gasteiger partial charge in [0.15, 0.2) is 0 Å². The summed E-state index contributed by atoms with van der Waals surface area (Å²) in [6.07, 6.45) is 0.692. The lowest BCUT2D eigenvalue weighted by Crippen LogP contribution is -2.37. The van der Waals surface area contributed by atoms with Crippen LogP contribution in [0.25, 0.3) is 0 Å². The van der Waals surface area contributed by atoms with Gasteiger partial charge in [-0.05, 0) is 18.6 Å². The monoisotopic (exact) mass is 227 g/mol. The number of aliphatic hydroxyl groups excluding tert-OH is 1. The first-order chi connectivity index (χ1) is 7.24. The van der Waals surface area contributed by atoms with Gasteiger partial charge in [0.1, 0.15) is 5.82 Å². The van der Waals surface area contributed by atoms with Crippen molar-refractivity contribution in [1.29, 1.82) is 0 Å². The highest BCUT2D eigenvalue weighted by Gasteiger charge is 2.25. The third kappa shape index (κ3) is 1.96. The summed E-state index contributed by atoms with van der Waals surface area (Å²) in [5, 5.41) is 8.92. The van der Waals surface area contributed by atoms with Crippen molar-refractivity contribution in [3.8, 4) is 0 Å². The van der Waals surface area contributed by atoms with Crippen LogP contribution in [0.2, 0.25) is 0 Å². The topological polar surface area (TPSA) is 23.5 Å². The molecule has 0 fully saturated rings. The van der Waals surface area contributed by atoms with Crippen molar-refractivity contribution in [2.24, 2.45) is 0 Å². The molecule has 0 amide bonds. The molecule has 2 rings (SSSR count). The van der Waals surface area contributed by atoms with Crippen molar-refractivity contribution >= 4 is 17.4 Å². The Kier molecular flexibility index (Phi) is 3.17. The van der Waals surface area contributed by atoms with Crippen molar-refractivity contribution in [3.05, 3.63) is 24.0 Å². The standard InChI is InChI=1S/C11H14FNOS/c1-13-8(5-6-14)7-15-10-4-2-3-9(12)11(10)13/h2-4,8,14H,5-7H2,1H3. The van der Waals surface area contributed by atoms with E-state index in [0.717, 1.165) is 10.6 Å². The maximum atomic E-state index is 13.6. The number of anilines is 1. The number of halogens is 1. The Hall–Kier alpha value is -0.740. The fourth-order valence-corrected chi connectivity index (χ4v) is 3.18. The summed E-state index contributed by atoms with van der Waals surface area (Å²) in [5.41, 5.74) is 0.673. The Balaban J connectivity index is 2.32. The van der Waals surface area contributed by atoms with Crippen LogP contribution in [-0.2, 0) is 0 Å². The van der Waals surface area contributed by atoms with Crippen LogP contribution in [0.15, 0.2) is 23.1 Å². The van der Waals surface area contributed by atoms with Crippen LogP contribution in [0.4, 0.5) is 10.1 Å². The lowest BCUT2D eigenvalue weighted by molar-refractivity contribution is 0.277. The minimum absolute atomic E-state index is 0.152. The molecule has 15 heavy (non-hydrogen) atoms. The van der Waals surface area contributed by atoms with Crippen molar-refractivity contribution in [1.82, 2.24) is 0 Å². The van der Waals surface area contributed by atoms with Gasteiger partial charge in [-0.25, -0.2) is 4.39 Å². The Morgan fingerprint density at radius 2 is 2.40 bits per heavy atom. The molecule has 0 saturated carbocycles. The van der Waals surface area contributed by atoms with Crippen molar-refractivity contribution in [3.63, 3.8) is 0 Å². The molecule has 0 radical (unpaired) electrons. The van der Waals surface area contributed by atoms with E-state index in [2.05, 4.69) is 0 Å². The summed E-state index contributed by atoms with van der Waals surface area (Å²) in [5.74, 6) is 0.734. The van der Waals surface area contributed by atoms with Crippen LogP contribution in [0.5, 0.6) is 0 Å². The molecule has 1 N–H and O–H groups in total. The summed E-state index contributed by atoms with van der Waals surface area (Å²) in [6, 6.07) is 5.39. The molecule has 82 valence electrons. The smallest absolute Gasteiger partial charge is 0.147 e. The average molecular weight is 227 g/mol. The molecule has 1 aromatic rings. The molecule has 4 heteroatoms. The third-order valence-corrected chi connectivity index (χ3v) is 3.94. The summed E-state index contributed by atoms with van der Waals surface area (Å²) in [4.78, 5) is 2.93. The van der Waals surface area contributed by atoms with E-state index in [0.29, 0.717) is 12.1 Å². The Bertz CT molecular complexity index is 358. The number of nitrogens with zero attached hydrogens (tertiary/aromatic N) is 1. The molecule has 1 atom stereocenters. The highest BCUT2D eigenvalue weighted by molar-refractivity contribution is 7.99. The summed E-state index contributed by atoms with van der Waals surface area (Å²) < 4.78 is 13.6. The third-order valence-electron chi connectivity index (χ3n) is 2.74. The fourth-order valence-electron chi connectivity index (χ4n) is 1.86. The van der Waals surface area contributed by atoms with Gasteiger partial charge >= 0.3 is 0 Å². The second kappa shape index (κ2) is 4.41. The molecular weight excluding hydrogens is 213 g/mol. The highest BCUT2D eigenvalue weighted by atomic mass is 32.2. The summed E-state index contributed by atoms with van der Waals surface area (Å²) >= 11 is 1.66. The van der Waals surface area contributed by atoms with E-state index in [4.69, 9.17) is 5.11 Å². The van der Waals surface area contributed by atoms with Gasteiger partial charge in [0.2, 0.25) is 0 Å². The number of hydrogen-bond donors (Lipinski definition) is 1. The van der Waals surface area contributed by atoms with E-state index in [9.17, 15) is 4.39 Å². The molecule has 2 nitrogen and oxygen atoms in total. The van der Waals surface area contributed by atoms with Gasteiger partial charge in [-0.3, -0.25) is 0 Å². The lowest BCUT2D eigenvalue weighted by atomic mass is 10.1. The van der Waals surface area contributed by atoms with Gasteiger partial charge < -0.3 is 10.0 Å². The number of aliphatic hydroxyl groups is 1. The molecule has 0 bridgehead atoms. The van der Waals surface area contributed by atoms with E-state index < -0.39 is 0 Å². The van der Waals surface area contributed by atoms with Gasteiger partial charge in [0, 0.05) is 30.3 Å². The van der Waals surface area contributed by atoms with Gasteiger partial charge in [-0.15, -0.1) is 11.8 Å². The van der Waals surface area contributed by atoms with E-state index in [1.807, 2.05) is 18.0 Å². The predicted molar refractivity (Wildman–Crippen MR) is 61.0 cm³/mol. The van der Waals surface area contributed by atoms with E-state index in [1.165, 1.54) is 6.07 Å². The molecule has 1 heterocycles. The SMILES string of the molecule is CN1c2c(F)cccc2SCC1CCO. The zero-order valence-electron chi connectivity index (χ0n) is 8.61. The molecule has 1 aliphatic heterocycles. The second-order valence-corrected chi connectivity index (χ2v) is 4.74. The number of fused-ring (bicyclic) bond motifs is 1. The molecule has 0 aromatic heterocycles. The second-order valence-electron chi connectivity index (χ2n) is 3.67. The summed E-state index contributed by atoms with van der Waals surface area (Å²) in [7, 11) is 1.89. The van der Waals surface area contributed by atoms with Crippen LogP contribution >= 0.6 is 11.8 Å². The first kappa shape index (κ1) is 10.8. The molecule has 1 aliphatic rings. The van der Waals surface area contributed by atoms with Crippen molar-refractivity contribution in [2.45, 2.75) is 17.4 Å². The minimum atomic E-state index is -0.176. The molecule has 0 saturated heterocycles. The van der Waals surface area contributed by atoms with Gasteiger partial charge in [0.25, 0.3) is 0 Å². The van der Waals surface area contributed by atoms with Gasteiger partial charge in [0.05, 0.1) is 5.69 Å². The van der Waals surface area contributed by atoms with E-state index in [1.54, 1.807) is 17.8 Å². The van der Waals surface area contributed by atoms with Crippen LogP contribution in [0.1, 0.15) is 6.42 Å². The maximum absolute atomic E-state index is 13.6.